The molecule has 4 rings (SSSR count). The number of phenolic OH excluding ortho intramolecular Hbond substituents is 1. The summed E-state index contributed by atoms with van der Waals surface area (Å²) < 4.78 is 11.3. The second-order valence-electron chi connectivity index (χ2n) is 6.29. The average molecular weight is 351 g/mol. The summed E-state index contributed by atoms with van der Waals surface area (Å²) in [5, 5.41) is 21.4. The van der Waals surface area contributed by atoms with Crippen molar-refractivity contribution < 1.29 is 19.1 Å². The third-order valence-corrected chi connectivity index (χ3v) is 4.16. The summed E-state index contributed by atoms with van der Waals surface area (Å²) in [4.78, 5) is 5.61. The first-order valence-electron chi connectivity index (χ1n) is 8.15. The SMILES string of the molecule is Cc1nnc(-c2cccc(OC3=NO[C@](C)(c4ccc(O)cc4)C3)c2)o1. The van der Waals surface area contributed by atoms with Crippen LogP contribution in [0.4, 0.5) is 0 Å². The first-order valence-corrected chi connectivity index (χ1v) is 8.15. The van der Waals surface area contributed by atoms with Crippen LogP contribution in [0.3, 0.4) is 0 Å². The van der Waals surface area contributed by atoms with Crippen molar-refractivity contribution in [3.05, 3.63) is 60.0 Å². The molecule has 0 saturated heterocycles. The lowest BCUT2D eigenvalue weighted by Gasteiger charge is -2.21. The Labute approximate surface area is 149 Å². The van der Waals surface area contributed by atoms with E-state index in [0.717, 1.165) is 11.1 Å². The van der Waals surface area contributed by atoms with Gasteiger partial charge >= 0.3 is 0 Å². The molecule has 0 fully saturated rings. The second-order valence-corrected chi connectivity index (χ2v) is 6.29. The highest BCUT2D eigenvalue weighted by atomic mass is 16.7. The molecule has 0 saturated carbocycles. The van der Waals surface area contributed by atoms with E-state index in [-0.39, 0.29) is 5.75 Å². The summed E-state index contributed by atoms with van der Waals surface area (Å²) in [6, 6.07) is 14.2. The maximum atomic E-state index is 9.44. The van der Waals surface area contributed by atoms with Gasteiger partial charge in [-0.3, -0.25) is 0 Å². The zero-order chi connectivity index (χ0) is 18.1. The average Bonchev–Trinajstić information content (AvgIpc) is 3.23. The molecule has 1 aliphatic rings. The molecule has 0 bridgehead atoms. The van der Waals surface area contributed by atoms with E-state index in [1.165, 1.54) is 0 Å². The molecule has 0 aliphatic carbocycles. The molecular formula is C19H17N3O4. The summed E-state index contributed by atoms with van der Waals surface area (Å²) in [6.45, 7) is 3.67. The van der Waals surface area contributed by atoms with Gasteiger partial charge in [0, 0.05) is 12.5 Å². The summed E-state index contributed by atoms with van der Waals surface area (Å²) in [5.74, 6) is 2.23. The molecule has 132 valence electrons. The fourth-order valence-electron chi connectivity index (χ4n) is 2.77. The van der Waals surface area contributed by atoms with E-state index in [1.54, 1.807) is 19.1 Å². The molecule has 0 amide bonds. The number of hydrogen-bond donors (Lipinski definition) is 1. The van der Waals surface area contributed by atoms with Crippen LogP contribution in [0.25, 0.3) is 11.5 Å². The van der Waals surface area contributed by atoms with Gasteiger partial charge in [-0.25, -0.2) is 0 Å². The molecule has 0 radical (unpaired) electrons. The van der Waals surface area contributed by atoms with E-state index in [9.17, 15) is 5.11 Å². The summed E-state index contributed by atoms with van der Waals surface area (Å²) in [6.07, 6.45) is 0.474. The van der Waals surface area contributed by atoms with Gasteiger partial charge in [-0.2, -0.15) is 0 Å². The second kappa shape index (κ2) is 6.18. The lowest BCUT2D eigenvalue weighted by molar-refractivity contribution is -0.00742. The number of aryl methyl sites for hydroxylation is 1. The van der Waals surface area contributed by atoms with Gasteiger partial charge in [0.1, 0.15) is 11.5 Å². The molecule has 1 atom stereocenters. The normalized spacial score (nSPS) is 19.1. The number of aromatic hydroxyl groups is 1. The van der Waals surface area contributed by atoms with Crippen LogP contribution in [0, 0.1) is 6.92 Å². The predicted octanol–water partition coefficient (Wildman–Crippen LogP) is 3.78. The molecule has 1 aliphatic heterocycles. The van der Waals surface area contributed by atoms with Gasteiger partial charge in [0.2, 0.25) is 17.7 Å². The highest BCUT2D eigenvalue weighted by Gasteiger charge is 2.37. The molecule has 7 heteroatoms. The van der Waals surface area contributed by atoms with Crippen LogP contribution in [-0.2, 0) is 10.4 Å². The molecule has 1 aromatic heterocycles. The van der Waals surface area contributed by atoms with Crippen LogP contribution >= 0.6 is 0 Å². The van der Waals surface area contributed by atoms with Crippen molar-refractivity contribution in [2.24, 2.45) is 5.16 Å². The van der Waals surface area contributed by atoms with Crippen LogP contribution < -0.4 is 4.74 Å². The van der Waals surface area contributed by atoms with Gasteiger partial charge in [0.25, 0.3) is 0 Å². The Morgan fingerprint density at radius 2 is 1.92 bits per heavy atom. The van der Waals surface area contributed by atoms with E-state index >= 15 is 0 Å². The van der Waals surface area contributed by atoms with E-state index in [1.807, 2.05) is 43.3 Å². The third-order valence-electron chi connectivity index (χ3n) is 4.16. The first-order chi connectivity index (χ1) is 12.5. The van der Waals surface area contributed by atoms with Crippen molar-refractivity contribution in [3.8, 4) is 23.0 Å². The fourth-order valence-corrected chi connectivity index (χ4v) is 2.77. The van der Waals surface area contributed by atoms with Crippen LogP contribution in [-0.4, -0.2) is 21.2 Å². The smallest absolute Gasteiger partial charge is 0.247 e. The number of phenols is 1. The maximum Gasteiger partial charge on any atom is 0.247 e. The lowest BCUT2D eigenvalue weighted by atomic mass is 9.93. The van der Waals surface area contributed by atoms with Crippen LogP contribution in [0.1, 0.15) is 24.8 Å². The number of benzene rings is 2. The van der Waals surface area contributed by atoms with Crippen molar-refractivity contribution >= 4 is 5.90 Å². The van der Waals surface area contributed by atoms with Crippen molar-refractivity contribution in [1.29, 1.82) is 0 Å². The van der Waals surface area contributed by atoms with Crippen molar-refractivity contribution in [3.63, 3.8) is 0 Å². The highest BCUT2D eigenvalue weighted by Crippen LogP contribution is 2.36. The van der Waals surface area contributed by atoms with Crippen molar-refractivity contribution in [1.82, 2.24) is 10.2 Å². The van der Waals surface area contributed by atoms with Crippen molar-refractivity contribution in [2.75, 3.05) is 0 Å². The van der Waals surface area contributed by atoms with Gasteiger partial charge in [-0.15, -0.1) is 10.2 Å². The van der Waals surface area contributed by atoms with Crippen molar-refractivity contribution in [2.45, 2.75) is 25.9 Å². The number of rotatable bonds is 3. The minimum atomic E-state index is -0.635. The molecule has 2 heterocycles. The molecule has 0 spiro atoms. The fraction of sp³-hybridized carbons (Fsp3) is 0.211. The Kier molecular flexibility index (Phi) is 3.84. The van der Waals surface area contributed by atoms with Gasteiger partial charge in [-0.1, -0.05) is 23.4 Å². The predicted molar refractivity (Wildman–Crippen MR) is 93.7 cm³/mol. The monoisotopic (exact) mass is 351 g/mol. The largest absolute Gasteiger partial charge is 0.508 e. The highest BCUT2D eigenvalue weighted by molar-refractivity contribution is 5.81. The Balaban J connectivity index is 1.49. The Bertz CT molecular complexity index is 965. The van der Waals surface area contributed by atoms with E-state index in [4.69, 9.17) is 14.0 Å². The Morgan fingerprint density at radius 3 is 2.65 bits per heavy atom. The zero-order valence-electron chi connectivity index (χ0n) is 14.3. The van der Waals surface area contributed by atoms with Crippen LogP contribution in [0.15, 0.2) is 58.1 Å². The zero-order valence-corrected chi connectivity index (χ0v) is 14.3. The number of oxime groups is 1. The molecular weight excluding hydrogens is 334 g/mol. The van der Waals surface area contributed by atoms with E-state index in [2.05, 4.69) is 15.4 Å². The minimum absolute atomic E-state index is 0.209. The summed E-state index contributed by atoms with van der Waals surface area (Å²) in [5.41, 5.74) is 1.04. The van der Waals surface area contributed by atoms with Gasteiger partial charge < -0.3 is 19.1 Å². The molecule has 2 aromatic carbocycles. The molecule has 0 unspecified atom stereocenters. The van der Waals surface area contributed by atoms with Gasteiger partial charge in [0.05, 0.1) is 6.42 Å². The quantitative estimate of drug-likeness (QED) is 0.772. The maximum absolute atomic E-state index is 9.44. The molecule has 1 N–H and O–H groups in total. The minimum Gasteiger partial charge on any atom is -0.508 e. The summed E-state index contributed by atoms with van der Waals surface area (Å²) >= 11 is 0. The standard InChI is InChI=1S/C19H17N3O4/c1-12-20-21-18(24-12)13-4-3-5-16(10-13)25-17-11-19(2,26-22-17)14-6-8-15(23)9-7-14/h3-10,23H,11H2,1-2H3/t19-/m0/s1. The van der Waals surface area contributed by atoms with E-state index in [0.29, 0.717) is 29.8 Å². The van der Waals surface area contributed by atoms with E-state index < -0.39 is 5.60 Å². The molecule has 3 aromatic rings. The molecule has 7 nitrogen and oxygen atoms in total. The van der Waals surface area contributed by atoms with Gasteiger partial charge in [0.15, 0.2) is 5.60 Å². The number of nitrogens with zero attached hydrogens (tertiary/aromatic N) is 3. The Morgan fingerprint density at radius 1 is 1.12 bits per heavy atom. The molecule has 26 heavy (non-hydrogen) atoms. The first kappa shape index (κ1) is 16.1. The van der Waals surface area contributed by atoms with Gasteiger partial charge in [-0.05, 0) is 42.8 Å². The topological polar surface area (TPSA) is 90.0 Å². The lowest BCUT2D eigenvalue weighted by Crippen LogP contribution is -2.23. The number of aromatic nitrogens is 2. The number of hydrogen-bond acceptors (Lipinski definition) is 7. The summed E-state index contributed by atoms with van der Waals surface area (Å²) in [7, 11) is 0. The van der Waals surface area contributed by atoms with Crippen LogP contribution in [0.2, 0.25) is 0 Å². The number of ether oxygens (including phenoxy) is 1. The third kappa shape index (κ3) is 3.11. The Hall–Kier alpha value is -3.35. The van der Waals surface area contributed by atoms with Crippen LogP contribution in [0.5, 0.6) is 11.5 Å².